The van der Waals surface area contributed by atoms with E-state index in [1.807, 2.05) is 30.3 Å². The first kappa shape index (κ1) is 13.1. The number of hydrogen-bond donors (Lipinski definition) is 2. The van der Waals surface area contributed by atoms with Crippen molar-refractivity contribution in [3.63, 3.8) is 0 Å². The Bertz CT molecular complexity index is 632. The smallest absolute Gasteiger partial charge is 0.171 e. The molecule has 1 atom stereocenters. The summed E-state index contributed by atoms with van der Waals surface area (Å²) >= 11 is 7.00. The highest BCUT2D eigenvalue weighted by molar-refractivity contribution is 7.80. The lowest BCUT2D eigenvalue weighted by Crippen LogP contribution is -2.40. The van der Waals surface area contributed by atoms with Gasteiger partial charge in [-0.05, 0) is 47.4 Å². The van der Waals surface area contributed by atoms with Gasteiger partial charge >= 0.3 is 0 Å². The van der Waals surface area contributed by atoms with Gasteiger partial charge in [0, 0.05) is 0 Å². The fourth-order valence-electron chi connectivity index (χ4n) is 2.12. The summed E-state index contributed by atoms with van der Waals surface area (Å²) in [5, 5.41) is 9.19. The lowest BCUT2D eigenvalue weighted by molar-refractivity contribution is 0.414. The minimum atomic E-state index is 0.0757. The molecule has 1 aromatic carbocycles. The molecule has 0 aliphatic carbocycles. The van der Waals surface area contributed by atoms with Crippen LogP contribution in [0.1, 0.15) is 16.5 Å². The Morgan fingerprint density at radius 2 is 2.00 bits per heavy atom. The molecule has 20 heavy (non-hydrogen) atoms. The molecule has 0 amide bonds. The zero-order valence-electron chi connectivity index (χ0n) is 10.9. The molecular weight excluding hydrogens is 288 g/mol. The van der Waals surface area contributed by atoms with E-state index in [4.69, 9.17) is 17.0 Å². The molecule has 2 heterocycles. The molecule has 2 aromatic rings. The third kappa shape index (κ3) is 2.69. The molecule has 0 saturated carbocycles. The minimum absolute atomic E-state index is 0.0757. The molecule has 1 aliphatic rings. The Morgan fingerprint density at radius 3 is 2.65 bits per heavy atom. The fraction of sp³-hybridized carbons (Fsp3) is 0.133. The van der Waals surface area contributed by atoms with Gasteiger partial charge in [-0.3, -0.25) is 0 Å². The van der Waals surface area contributed by atoms with Gasteiger partial charge in [0.25, 0.3) is 0 Å². The summed E-state index contributed by atoms with van der Waals surface area (Å²) in [7, 11) is 1.67. The molecule has 0 saturated heterocycles. The maximum absolute atomic E-state index is 5.30. The first-order valence-corrected chi connectivity index (χ1v) is 7.52. The second-order valence-electron chi connectivity index (χ2n) is 4.41. The van der Waals surface area contributed by atoms with E-state index < -0.39 is 0 Å². The van der Waals surface area contributed by atoms with Crippen molar-refractivity contribution in [3.05, 3.63) is 58.3 Å². The summed E-state index contributed by atoms with van der Waals surface area (Å²) in [6.45, 7) is 0. The summed E-state index contributed by atoms with van der Waals surface area (Å²) in [6.07, 6.45) is 2.16. The van der Waals surface area contributed by atoms with Crippen LogP contribution in [0, 0.1) is 0 Å². The summed E-state index contributed by atoms with van der Waals surface area (Å²) in [6, 6.07) is 12.2. The van der Waals surface area contributed by atoms with Crippen LogP contribution in [-0.4, -0.2) is 12.2 Å². The van der Waals surface area contributed by atoms with Gasteiger partial charge in [-0.25, -0.2) is 0 Å². The highest BCUT2D eigenvalue weighted by atomic mass is 32.1. The first-order chi connectivity index (χ1) is 9.76. The molecular formula is C15H14N2OS2. The number of benzene rings is 1. The average Bonchev–Trinajstić information content (AvgIpc) is 3.01. The predicted molar refractivity (Wildman–Crippen MR) is 86.9 cm³/mol. The van der Waals surface area contributed by atoms with Gasteiger partial charge < -0.3 is 15.4 Å². The van der Waals surface area contributed by atoms with Gasteiger partial charge in [0.2, 0.25) is 0 Å². The second-order valence-corrected chi connectivity index (χ2v) is 5.76. The number of methoxy groups -OCH3 is 1. The summed E-state index contributed by atoms with van der Waals surface area (Å²) < 4.78 is 5.19. The molecule has 3 nitrogen and oxygen atoms in total. The van der Waals surface area contributed by atoms with Crippen molar-refractivity contribution < 1.29 is 4.74 Å². The normalized spacial score (nSPS) is 17.9. The van der Waals surface area contributed by atoms with E-state index in [-0.39, 0.29) is 6.04 Å². The van der Waals surface area contributed by atoms with Crippen LogP contribution in [0.3, 0.4) is 0 Å². The Balaban J connectivity index is 1.91. The lowest BCUT2D eigenvalue weighted by atomic mass is 10.0. The minimum Gasteiger partial charge on any atom is -0.497 e. The van der Waals surface area contributed by atoms with Crippen molar-refractivity contribution in [2.75, 3.05) is 7.11 Å². The van der Waals surface area contributed by atoms with Gasteiger partial charge in [0.15, 0.2) is 5.11 Å². The Kier molecular flexibility index (Phi) is 3.71. The molecule has 5 heteroatoms. The van der Waals surface area contributed by atoms with Crippen molar-refractivity contribution in [2.45, 2.75) is 6.04 Å². The first-order valence-electron chi connectivity index (χ1n) is 6.23. The van der Waals surface area contributed by atoms with E-state index in [0.717, 1.165) is 17.0 Å². The van der Waals surface area contributed by atoms with Gasteiger partial charge in [-0.15, -0.1) is 11.3 Å². The number of ether oxygens (including phenoxy) is 1. The molecule has 102 valence electrons. The van der Waals surface area contributed by atoms with Crippen LogP contribution in [0.25, 0.3) is 5.70 Å². The maximum atomic E-state index is 5.30. The van der Waals surface area contributed by atoms with Crippen molar-refractivity contribution >= 4 is 34.4 Å². The fourth-order valence-corrected chi connectivity index (χ4v) is 3.06. The largest absolute Gasteiger partial charge is 0.497 e. The van der Waals surface area contributed by atoms with Crippen molar-refractivity contribution in [1.29, 1.82) is 0 Å². The van der Waals surface area contributed by atoms with E-state index in [1.54, 1.807) is 18.4 Å². The third-order valence-electron chi connectivity index (χ3n) is 3.13. The van der Waals surface area contributed by atoms with Crippen LogP contribution >= 0.6 is 23.6 Å². The molecule has 3 rings (SSSR count). The molecule has 1 aromatic heterocycles. The van der Waals surface area contributed by atoms with Crippen LogP contribution in [0.5, 0.6) is 5.75 Å². The number of hydrogen-bond acceptors (Lipinski definition) is 3. The van der Waals surface area contributed by atoms with Crippen LogP contribution in [0.2, 0.25) is 0 Å². The topological polar surface area (TPSA) is 33.3 Å². The molecule has 2 N–H and O–H groups in total. The highest BCUT2D eigenvalue weighted by Gasteiger charge is 2.18. The van der Waals surface area contributed by atoms with E-state index in [0.29, 0.717) is 5.11 Å². The van der Waals surface area contributed by atoms with Gasteiger partial charge in [0.05, 0.1) is 23.7 Å². The Labute approximate surface area is 127 Å². The number of thiophene rings is 1. The monoisotopic (exact) mass is 302 g/mol. The molecule has 1 unspecified atom stereocenters. The zero-order chi connectivity index (χ0) is 13.9. The molecule has 1 aliphatic heterocycles. The molecule has 0 spiro atoms. The summed E-state index contributed by atoms with van der Waals surface area (Å²) in [5.74, 6) is 0.854. The number of rotatable bonds is 3. The van der Waals surface area contributed by atoms with Crippen molar-refractivity contribution in [1.82, 2.24) is 10.6 Å². The number of thiocarbonyl (C=S) groups is 1. The second kappa shape index (κ2) is 5.64. The quantitative estimate of drug-likeness (QED) is 0.852. The maximum Gasteiger partial charge on any atom is 0.171 e. The van der Waals surface area contributed by atoms with Gasteiger partial charge in [0.1, 0.15) is 5.75 Å². The van der Waals surface area contributed by atoms with Crippen LogP contribution in [0.4, 0.5) is 0 Å². The highest BCUT2D eigenvalue weighted by Crippen LogP contribution is 2.26. The third-order valence-corrected chi connectivity index (χ3v) is 4.25. The molecule has 0 fully saturated rings. The van der Waals surface area contributed by atoms with Crippen molar-refractivity contribution in [2.24, 2.45) is 0 Å². The SMILES string of the molecule is COc1ccc(C2C=C(c3cccs3)NC(=S)N2)cc1. The van der Waals surface area contributed by atoms with E-state index in [2.05, 4.69) is 28.2 Å². The van der Waals surface area contributed by atoms with Crippen LogP contribution < -0.4 is 15.4 Å². The zero-order valence-corrected chi connectivity index (χ0v) is 12.6. The predicted octanol–water partition coefficient (Wildman–Crippen LogP) is 3.32. The molecule has 0 radical (unpaired) electrons. The number of nitrogens with one attached hydrogen (secondary N) is 2. The van der Waals surface area contributed by atoms with Crippen LogP contribution in [0.15, 0.2) is 47.9 Å². The Hall–Kier alpha value is -1.85. The van der Waals surface area contributed by atoms with Crippen molar-refractivity contribution in [3.8, 4) is 5.75 Å². The van der Waals surface area contributed by atoms with E-state index in [1.165, 1.54) is 4.88 Å². The molecule has 0 bridgehead atoms. The van der Waals surface area contributed by atoms with Crippen LogP contribution in [-0.2, 0) is 0 Å². The average molecular weight is 302 g/mol. The van der Waals surface area contributed by atoms with Gasteiger partial charge in [-0.2, -0.15) is 0 Å². The summed E-state index contributed by atoms with van der Waals surface area (Å²) in [4.78, 5) is 1.19. The Morgan fingerprint density at radius 1 is 1.20 bits per heavy atom. The van der Waals surface area contributed by atoms with E-state index >= 15 is 0 Å². The standard InChI is InChI=1S/C15H14N2OS2/c1-18-11-6-4-10(5-7-11)12-9-13(17-15(19)16-12)14-3-2-8-20-14/h2-9,12H,1H3,(H2,16,17,19). The lowest BCUT2D eigenvalue weighted by Gasteiger charge is -2.25. The van der Waals surface area contributed by atoms with Gasteiger partial charge in [-0.1, -0.05) is 18.2 Å². The summed E-state index contributed by atoms with van der Waals surface area (Å²) in [5.41, 5.74) is 2.22. The van der Waals surface area contributed by atoms with E-state index in [9.17, 15) is 0 Å².